The molecule has 1 unspecified atom stereocenters. The number of anilines is 1. The van der Waals surface area contributed by atoms with Gasteiger partial charge in [-0.05, 0) is 36.2 Å². The van der Waals surface area contributed by atoms with Crippen molar-refractivity contribution in [2.45, 2.75) is 19.9 Å². The van der Waals surface area contributed by atoms with E-state index in [1.54, 1.807) is 23.1 Å². The van der Waals surface area contributed by atoms with Crippen molar-refractivity contribution in [3.8, 4) is 0 Å². The first-order chi connectivity index (χ1) is 14.8. The summed E-state index contributed by atoms with van der Waals surface area (Å²) in [5.41, 5.74) is 0.408. The third-order valence-corrected chi connectivity index (χ3v) is 5.12. The Kier molecular flexibility index (Phi) is 7.41. The molecule has 1 saturated heterocycles. The van der Waals surface area contributed by atoms with Gasteiger partial charge in [-0.15, -0.1) is 0 Å². The van der Waals surface area contributed by atoms with Gasteiger partial charge in [-0.1, -0.05) is 19.9 Å². The second kappa shape index (κ2) is 10.2. The Balaban J connectivity index is 1.49. The summed E-state index contributed by atoms with van der Waals surface area (Å²) in [5, 5.41) is 5.43. The zero-order chi connectivity index (χ0) is 22.4. The van der Waals surface area contributed by atoms with Crippen LogP contribution in [0.25, 0.3) is 0 Å². The van der Waals surface area contributed by atoms with Gasteiger partial charge in [-0.3, -0.25) is 19.3 Å². The SMILES string of the molecule is CC(C)C(NC(=O)c1ccco1)C(=O)N1CCN(CC(=O)Nc2cccc(F)c2)CC1. The molecule has 8 nitrogen and oxygen atoms in total. The molecule has 0 radical (unpaired) electrons. The third-order valence-electron chi connectivity index (χ3n) is 5.12. The van der Waals surface area contributed by atoms with Gasteiger partial charge < -0.3 is 20.0 Å². The van der Waals surface area contributed by atoms with Crippen molar-refractivity contribution in [2.24, 2.45) is 5.92 Å². The molecule has 3 rings (SSSR count). The zero-order valence-corrected chi connectivity index (χ0v) is 17.6. The van der Waals surface area contributed by atoms with Crippen molar-refractivity contribution in [2.75, 3.05) is 38.0 Å². The van der Waals surface area contributed by atoms with Gasteiger partial charge in [0.1, 0.15) is 11.9 Å². The van der Waals surface area contributed by atoms with Crippen molar-refractivity contribution < 1.29 is 23.2 Å². The van der Waals surface area contributed by atoms with E-state index in [0.717, 1.165) is 0 Å². The number of furan rings is 1. The number of nitrogens with zero attached hydrogens (tertiary/aromatic N) is 2. The average Bonchev–Trinajstić information content (AvgIpc) is 3.27. The topological polar surface area (TPSA) is 94.9 Å². The summed E-state index contributed by atoms with van der Waals surface area (Å²) in [6.07, 6.45) is 1.41. The molecule has 31 heavy (non-hydrogen) atoms. The van der Waals surface area contributed by atoms with Crippen LogP contribution in [0.4, 0.5) is 10.1 Å². The summed E-state index contributed by atoms with van der Waals surface area (Å²) in [5.74, 6) is -1.17. The monoisotopic (exact) mass is 430 g/mol. The van der Waals surface area contributed by atoms with E-state index in [1.165, 1.54) is 24.5 Å². The maximum absolute atomic E-state index is 13.2. The Morgan fingerprint density at radius 1 is 1.10 bits per heavy atom. The normalized spacial score (nSPS) is 15.5. The Bertz CT molecular complexity index is 908. The van der Waals surface area contributed by atoms with Crippen molar-refractivity contribution in [1.82, 2.24) is 15.1 Å². The van der Waals surface area contributed by atoms with Crippen LogP contribution in [0.3, 0.4) is 0 Å². The first-order valence-corrected chi connectivity index (χ1v) is 10.2. The molecule has 0 saturated carbocycles. The second-order valence-electron chi connectivity index (χ2n) is 7.83. The van der Waals surface area contributed by atoms with Crippen LogP contribution >= 0.6 is 0 Å². The van der Waals surface area contributed by atoms with E-state index in [4.69, 9.17) is 4.42 Å². The van der Waals surface area contributed by atoms with Crippen LogP contribution in [0.15, 0.2) is 47.1 Å². The summed E-state index contributed by atoms with van der Waals surface area (Å²) in [6.45, 7) is 5.85. The number of hydrogen-bond acceptors (Lipinski definition) is 5. The summed E-state index contributed by atoms with van der Waals surface area (Å²) in [4.78, 5) is 41.2. The summed E-state index contributed by atoms with van der Waals surface area (Å²) >= 11 is 0. The molecule has 166 valence electrons. The first kappa shape index (κ1) is 22.5. The lowest BCUT2D eigenvalue weighted by Crippen LogP contribution is -2.57. The molecule has 0 aliphatic carbocycles. The predicted octanol–water partition coefficient (Wildman–Crippen LogP) is 1.96. The van der Waals surface area contributed by atoms with Gasteiger partial charge in [0, 0.05) is 31.9 Å². The number of nitrogens with one attached hydrogen (secondary N) is 2. The lowest BCUT2D eigenvalue weighted by Gasteiger charge is -2.37. The van der Waals surface area contributed by atoms with Gasteiger partial charge in [0.25, 0.3) is 5.91 Å². The minimum absolute atomic E-state index is 0.0958. The third kappa shape index (κ3) is 6.14. The Hall–Kier alpha value is -3.20. The molecule has 1 atom stereocenters. The van der Waals surface area contributed by atoms with Crippen molar-refractivity contribution in [3.05, 3.63) is 54.2 Å². The van der Waals surface area contributed by atoms with Crippen LogP contribution in [-0.4, -0.2) is 66.3 Å². The van der Waals surface area contributed by atoms with Gasteiger partial charge in [0.2, 0.25) is 11.8 Å². The quantitative estimate of drug-likeness (QED) is 0.700. The minimum Gasteiger partial charge on any atom is -0.459 e. The van der Waals surface area contributed by atoms with E-state index in [-0.39, 0.29) is 30.0 Å². The molecule has 2 N–H and O–H groups in total. The summed E-state index contributed by atoms with van der Waals surface area (Å²) in [7, 11) is 0. The van der Waals surface area contributed by atoms with Crippen LogP contribution in [0.2, 0.25) is 0 Å². The van der Waals surface area contributed by atoms with Gasteiger partial charge >= 0.3 is 0 Å². The average molecular weight is 430 g/mol. The predicted molar refractivity (Wildman–Crippen MR) is 113 cm³/mol. The van der Waals surface area contributed by atoms with E-state index >= 15 is 0 Å². The number of carbonyl (C=O) groups is 3. The minimum atomic E-state index is -0.666. The number of rotatable bonds is 7. The van der Waals surface area contributed by atoms with Gasteiger partial charge in [0.05, 0.1) is 12.8 Å². The number of halogens is 1. The lowest BCUT2D eigenvalue weighted by atomic mass is 10.0. The number of amides is 3. The highest BCUT2D eigenvalue weighted by molar-refractivity contribution is 5.95. The van der Waals surface area contributed by atoms with Gasteiger partial charge in [-0.2, -0.15) is 0 Å². The van der Waals surface area contributed by atoms with E-state index in [1.807, 2.05) is 18.7 Å². The molecule has 0 spiro atoms. The van der Waals surface area contributed by atoms with Crippen LogP contribution in [-0.2, 0) is 9.59 Å². The Morgan fingerprint density at radius 2 is 1.84 bits per heavy atom. The standard InChI is InChI=1S/C22H27FN4O4/c1-15(2)20(25-21(29)18-7-4-12-31-18)22(30)27-10-8-26(9-11-27)14-19(28)24-17-6-3-5-16(23)13-17/h3-7,12-13,15,20H,8-11,14H2,1-2H3,(H,24,28)(H,25,29). The molecular weight excluding hydrogens is 403 g/mol. The van der Waals surface area contributed by atoms with Crippen LogP contribution in [0.5, 0.6) is 0 Å². The second-order valence-corrected chi connectivity index (χ2v) is 7.83. The largest absolute Gasteiger partial charge is 0.459 e. The fraction of sp³-hybridized carbons (Fsp3) is 0.409. The molecule has 1 aromatic heterocycles. The van der Waals surface area contributed by atoms with E-state index in [0.29, 0.717) is 31.9 Å². The van der Waals surface area contributed by atoms with Crippen LogP contribution in [0, 0.1) is 11.7 Å². The highest BCUT2D eigenvalue weighted by atomic mass is 19.1. The number of piperazine rings is 1. The maximum atomic E-state index is 13.2. The van der Waals surface area contributed by atoms with Crippen molar-refractivity contribution >= 4 is 23.4 Å². The van der Waals surface area contributed by atoms with Gasteiger partial charge in [0.15, 0.2) is 5.76 Å². The molecule has 1 aromatic carbocycles. The maximum Gasteiger partial charge on any atom is 0.287 e. The molecule has 2 aromatic rings. The molecule has 1 aliphatic rings. The van der Waals surface area contributed by atoms with Gasteiger partial charge in [-0.25, -0.2) is 4.39 Å². The van der Waals surface area contributed by atoms with E-state index < -0.39 is 17.8 Å². The molecule has 1 fully saturated rings. The number of hydrogen-bond donors (Lipinski definition) is 2. The van der Waals surface area contributed by atoms with Crippen molar-refractivity contribution in [1.29, 1.82) is 0 Å². The highest BCUT2D eigenvalue weighted by Gasteiger charge is 2.31. The molecule has 9 heteroatoms. The molecule has 2 heterocycles. The fourth-order valence-corrected chi connectivity index (χ4v) is 3.43. The summed E-state index contributed by atoms with van der Waals surface area (Å²) < 4.78 is 18.3. The molecule has 0 bridgehead atoms. The number of carbonyl (C=O) groups excluding carboxylic acids is 3. The fourth-order valence-electron chi connectivity index (χ4n) is 3.43. The van der Waals surface area contributed by atoms with Crippen molar-refractivity contribution in [3.63, 3.8) is 0 Å². The number of benzene rings is 1. The van der Waals surface area contributed by atoms with Crippen LogP contribution in [0.1, 0.15) is 24.4 Å². The smallest absolute Gasteiger partial charge is 0.287 e. The Morgan fingerprint density at radius 3 is 2.45 bits per heavy atom. The molecule has 3 amide bonds. The first-order valence-electron chi connectivity index (χ1n) is 10.2. The zero-order valence-electron chi connectivity index (χ0n) is 17.6. The molecular formula is C22H27FN4O4. The van der Waals surface area contributed by atoms with E-state index in [9.17, 15) is 18.8 Å². The van der Waals surface area contributed by atoms with Crippen LogP contribution < -0.4 is 10.6 Å². The Labute approximate surface area is 180 Å². The highest BCUT2D eigenvalue weighted by Crippen LogP contribution is 2.12. The van der Waals surface area contributed by atoms with E-state index in [2.05, 4.69) is 10.6 Å². The summed E-state index contributed by atoms with van der Waals surface area (Å²) in [6, 6.07) is 8.23. The molecule has 1 aliphatic heterocycles. The lowest BCUT2D eigenvalue weighted by molar-refractivity contribution is -0.136.